The Morgan fingerprint density at radius 1 is 1.10 bits per heavy atom. The zero-order valence-corrected chi connectivity index (χ0v) is 18.2. The molecule has 0 bridgehead atoms. The van der Waals surface area contributed by atoms with Gasteiger partial charge in [0.25, 0.3) is 0 Å². The topological polar surface area (TPSA) is 67.6 Å². The number of aromatic nitrogens is 1. The number of hydrogen-bond donors (Lipinski definition) is 1. The summed E-state index contributed by atoms with van der Waals surface area (Å²) in [5, 5.41) is 7.18. The second-order valence-electron chi connectivity index (χ2n) is 8.69. The van der Waals surface area contributed by atoms with E-state index in [9.17, 15) is 4.79 Å². The number of carbonyl (C=O) groups excluding carboxylic acids is 1. The highest BCUT2D eigenvalue weighted by Gasteiger charge is 2.24. The van der Waals surface area contributed by atoms with Crippen LogP contribution in [0.4, 0.5) is 4.79 Å². The van der Waals surface area contributed by atoms with Crippen molar-refractivity contribution in [3.63, 3.8) is 0 Å². The number of hydrogen-bond acceptors (Lipinski definition) is 4. The van der Waals surface area contributed by atoms with Crippen molar-refractivity contribution < 1.29 is 14.1 Å². The van der Waals surface area contributed by atoms with Crippen LogP contribution in [0.5, 0.6) is 5.75 Å². The van der Waals surface area contributed by atoms with Gasteiger partial charge >= 0.3 is 6.03 Å². The van der Waals surface area contributed by atoms with Crippen molar-refractivity contribution in [1.29, 1.82) is 0 Å². The fourth-order valence-corrected chi connectivity index (χ4v) is 4.63. The first-order chi connectivity index (χ1) is 14.6. The van der Waals surface area contributed by atoms with Gasteiger partial charge in [0.05, 0.1) is 18.3 Å². The van der Waals surface area contributed by atoms with Crippen LogP contribution in [0.15, 0.2) is 28.8 Å². The molecule has 2 aromatic rings. The van der Waals surface area contributed by atoms with Crippen LogP contribution in [0.1, 0.15) is 69.0 Å². The van der Waals surface area contributed by atoms with Gasteiger partial charge < -0.3 is 19.5 Å². The van der Waals surface area contributed by atoms with Crippen molar-refractivity contribution in [3.8, 4) is 17.1 Å². The number of nitrogens with one attached hydrogen (secondary N) is 1. The highest BCUT2D eigenvalue weighted by atomic mass is 16.5. The SMILES string of the molecule is Cc1noc(-c2ccc(OC3CCCCC3)cc2)c1CNC(=O)N(C)C1CCCC1. The van der Waals surface area contributed by atoms with Crippen LogP contribution in [0.2, 0.25) is 0 Å². The molecule has 1 aromatic heterocycles. The number of carbonyl (C=O) groups is 1. The molecular formula is C24H33N3O3. The van der Waals surface area contributed by atoms with Crippen molar-refractivity contribution in [3.05, 3.63) is 35.5 Å². The van der Waals surface area contributed by atoms with E-state index in [0.717, 1.165) is 48.3 Å². The summed E-state index contributed by atoms with van der Waals surface area (Å²) >= 11 is 0. The molecule has 0 aliphatic heterocycles. The molecule has 2 saturated carbocycles. The maximum atomic E-state index is 12.6. The molecule has 2 aliphatic rings. The molecule has 1 heterocycles. The van der Waals surface area contributed by atoms with E-state index in [-0.39, 0.29) is 6.03 Å². The van der Waals surface area contributed by atoms with Gasteiger partial charge in [-0.15, -0.1) is 0 Å². The Hall–Kier alpha value is -2.50. The standard InChI is InChI=1S/C24H33N3O3/c1-17-22(16-25-24(28)27(2)19-8-6-7-9-19)23(30-26-17)18-12-14-21(15-13-18)29-20-10-4-3-5-11-20/h12-15,19-20H,3-11,16H2,1-2H3,(H,25,28). The van der Waals surface area contributed by atoms with Crippen molar-refractivity contribution in [2.24, 2.45) is 0 Å². The van der Waals surface area contributed by atoms with Gasteiger partial charge in [-0.1, -0.05) is 24.4 Å². The lowest BCUT2D eigenvalue weighted by molar-refractivity contribution is 0.155. The minimum absolute atomic E-state index is 0.0373. The quantitative estimate of drug-likeness (QED) is 0.687. The molecule has 1 aromatic carbocycles. The highest BCUT2D eigenvalue weighted by molar-refractivity contribution is 5.74. The van der Waals surface area contributed by atoms with E-state index in [1.165, 1.54) is 32.1 Å². The molecule has 0 spiro atoms. The second kappa shape index (κ2) is 9.54. The van der Waals surface area contributed by atoms with Crippen LogP contribution < -0.4 is 10.1 Å². The van der Waals surface area contributed by atoms with Crippen LogP contribution in [0, 0.1) is 6.92 Å². The molecule has 6 nitrogen and oxygen atoms in total. The van der Waals surface area contributed by atoms with Crippen molar-refractivity contribution in [2.45, 2.75) is 83.4 Å². The van der Waals surface area contributed by atoms with Gasteiger partial charge in [0.1, 0.15) is 5.75 Å². The summed E-state index contributed by atoms with van der Waals surface area (Å²) < 4.78 is 11.7. The van der Waals surface area contributed by atoms with E-state index >= 15 is 0 Å². The van der Waals surface area contributed by atoms with Crippen LogP contribution in [-0.2, 0) is 6.54 Å². The number of aryl methyl sites for hydroxylation is 1. The number of ether oxygens (including phenoxy) is 1. The molecule has 2 fully saturated rings. The first-order valence-corrected chi connectivity index (χ1v) is 11.3. The third kappa shape index (κ3) is 4.79. The van der Waals surface area contributed by atoms with Crippen LogP contribution >= 0.6 is 0 Å². The molecule has 0 atom stereocenters. The molecule has 0 saturated heterocycles. The number of amides is 2. The molecule has 2 amide bonds. The maximum absolute atomic E-state index is 12.6. The lowest BCUT2D eigenvalue weighted by Crippen LogP contribution is -2.42. The molecule has 162 valence electrons. The van der Waals surface area contributed by atoms with E-state index in [4.69, 9.17) is 9.26 Å². The van der Waals surface area contributed by atoms with E-state index in [1.54, 1.807) is 0 Å². The Labute approximate surface area is 179 Å². The molecule has 30 heavy (non-hydrogen) atoms. The van der Waals surface area contributed by atoms with Gasteiger partial charge in [0, 0.05) is 24.2 Å². The fourth-order valence-electron chi connectivity index (χ4n) is 4.63. The summed E-state index contributed by atoms with van der Waals surface area (Å²) in [5.41, 5.74) is 2.67. The van der Waals surface area contributed by atoms with Gasteiger partial charge in [0.15, 0.2) is 5.76 Å². The van der Waals surface area contributed by atoms with Crippen LogP contribution in [-0.4, -0.2) is 35.3 Å². The number of urea groups is 1. The van der Waals surface area contributed by atoms with Gasteiger partial charge in [-0.05, 0) is 69.7 Å². The molecule has 0 radical (unpaired) electrons. The van der Waals surface area contributed by atoms with Gasteiger partial charge in [-0.2, -0.15) is 0 Å². The predicted molar refractivity (Wildman–Crippen MR) is 116 cm³/mol. The summed E-state index contributed by atoms with van der Waals surface area (Å²) in [7, 11) is 1.89. The minimum Gasteiger partial charge on any atom is -0.490 e. The van der Waals surface area contributed by atoms with Gasteiger partial charge in [-0.3, -0.25) is 0 Å². The lowest BCUT2D eigenvalue weighted by Gasteiger charge is -2.24. The van der Waals surface area contributed by atoms with E-state index < -0.39 is 0 Å². The number of rotatable bonds is 6. The van der Waals surface area contributed by atoms with E-state index in [1.807, 2.05) is 43.1 Å². The van der Waals surface area contributed by atoms with Crippen molar-refractivity contribution in [2.75, 3.05) is 7.05 Å². The Bertz CT molecular complexity index is 834. The van der Waals surface area contributed by atoms with E-state index in [0.29, 0.717) is 24.5 Å². The fraction of sp³-hybridized carbons (Fsp3) is 0.583. The normalized spacial score (nSPS) is 17.8. The largest absolute Gasteiger partial charge is 0.490 e. The monoisotopic (exact) mass is 411 g/mol. The average molecular weight is 412 g/mol. The third-order valence-electron chi connectivity index (χ3n) is 6.57. The van der Waals surface area contributed by atoms with Crippen LogP contribution in [0.25, 0.3) is 11.3 Å². The van der Waals surface area contributed by atoms with Crippen molar-refractivity contribution in [1.82, 2.24) is 15.4 Å². The molecule has 0 unspecified atom stereocenters. The summed E-state index contributed by atoms with van der Waals surface area (Å²) in [6, 6.07) is 8.33. The molecule has 6 heteroatoms. The summed E-state index contributed by atoms with van der Waals surface area (Å²) in [4.78, 5) is 14.4. The van der Waals surface area contributed by atoms with Gasteiger partial charge in [-0.25, -0.2) is 4.79 Å². The van der Waals surface area contributed by atoms with Crippen molar-refractivity contribution >= 4 is 6.03 Å². The average Bonchev–Trinajstić information content (AvgIpc) is 3.43. The number of nitrogens with zero attached hydrogens (tertiary/aromatic N) is 2. The van der Waals surface area contributed by atoms with Gasteiger partial charge in [0.2, 0.25) is 0 Å². The first-order valence-electron chi connectivity index (χ1n) is 11.3. The first kappa shape index (κ1) is 20.8. The molecule has 4 rings (SSSR count). The Morgan fingerprint density at radius 3 is 2.47 bits per heavy atom. The zero-order chi connectivity index (χ0) is 20.9. The summed E-state index contributed by atoms with van der Waals surface area (Å²) in [6.07, 6.45) is 11.0. The molecule has 1 N–H and O–H groups in total. The smallest absolute Gasteiger partial charge is 0.317 e. The predicted octanol–water partition coefficient (Wildman–Crippen LogP) is 5.45. The molecular weight excluding hydrogens is 378 g/mol. The maximum Gasteiger partial charge on any atom is 0.317 e. The highest BCUT2D eigenvalue weighted by Crippen LogP contribution is 2.30. The summed E-state index contributed by atoms with van der Waals surface area (Å²) in [5.74, 6) is 1.61. The Balaban J connectivity index is 1.39. The van der Waals surface area contributed by atoms with E-state index in [2.05, 4.69) is 10.5 Å². The zero-order valence-electron chi connectivity index (χ0n) is 18.2. The Kier molecular flexibility index (Phi) is 6.60. The summed E-state index contributed by atoms with van der Waals surface area (Å²) in [6.45, 7) is 2.32. The number of benzene rings is 1. The second-order valence-corrected chi connectivity index (χ2v) is 8.69. The molecule has 2 aliphatic carbocycles. The Morgan fingerprint density at radius 2 is 1.77 bits per heavy atom. The van der Waals surface area contributed by atoms with Crippen LogP contribution in [0.3, 0.4) is 0 Å². The lowest BCUT2D eigenvalue weighted by atomic mass is 9.98. The minimum atomic E-state index is -0.0373. The third-order valence-corrected chi connectivity index (χ3v) is 6.57.